The second kappa shape index (κ2) is 10.9. The second-order valence-corrected chi connectivity index (χ2v) is 8.97. The standard InChI is InChI=1S/C26H36N4O2/c1-21(22-5-3-2-4-6-22)27-26(32)23-7-9-24(10-8-23)29-13-11-25(12-14-29)30-17-15-28(16-18-30)19-20-31/h2-10,21,25,31H,11-20H2,1H3,(H,27,32)/t21-/m0/s1. The number of piperidine rings is 1. The fourth-order valence-electron chi connectivity index (χ4n) is 4.91. The van der Waals surface area contributed by atoms with Gasteiger partial charge in [0.25, 0.3) is 5.91 Å². The first kappa shape index (κ1) is 22.8. The third-order valence-electron chi connectivity index (χ3n) is 6.95. The van der Waals surface area contributed by atoms with Crippen LogP contribution in [-0.4, -0.2) is 79.3 Å². The minimum Gasteiger partial charge on any atom is -0.395 e. The van der Waals surface area contributed by atoms with Crippen LogP contribution in [0.4, 0.5) is 5.69 Å². The van der Waals surface area contributed by atoms with Crippen LogP contribution in [0.25, 0.3) is 0 Å². The third-order valence-corrected chi connectivity index (χ3v) is 6.95. The van der Waals surface area contributed by atoms with E-state index in [1.807, 2.05) is 49.4 Å². The number of amides is 1. The molecule has 2 aromatic carbocycles. The summed E-state index contributed by atoms with van der Waals surface area (Å²) in [6.45, 7) is 9.51. The molecule has 0 aliphatic carbocycles. The Bertz CT molecular complexity index is 842. The number of β-amino-alcohol motifs (C(OH)–C–C–N with tert-alkyl or cyclic N) is 1. The van der Waals surface area contributed by atoms with E-state index in [0.717, 1.165) is 51.4 Å². The number of hydrogen-bond donors (Lipinski definition) is 2. The number of benzene rings is 2. The van der Waals surface area contributed by atoms with E-state index in [9.17, 15) is 4.79 Å². The molecule has 1 amide bonds. The normalized spacial score (nSPS) is 19.6. The van der Waals surface area contributed by atoms with Crippen molar-refractivity contribution in [2.75, 3.05) is 57.3 Å². The topological polar surface area (TPSA) is 59.1 Å². The summed E-state index contributed by atoms with van der Waals surface area (Å²) in [5.74, 6) is -0.0352. The Labute approximate surface area is 191 Å². The van der Waals surface area contributed by atoms with Crippen molar-refractivity contribution in [1.82, 2.24) is 15.1 Å². The number of nitrogens with zero attached hydrogens (tertiary/aromatic N) is 3. The van der Waals surface area contributed by atoms with Crippen LogP contribution in [0.2, 0.25) is 0 Å². The summed E-state index contributed by atoms with van der Waals surface area (Å²) < 4.78 is 0. The molecule has 2 saturated heterocycles. The molecule has 0 bridgehead atoms. The number of rotatable bonds is 7. The summed E-state index contributed by atoms with van der Waals surface area (Å²) >= 11 is 0. The van der Waals surface area contributed by atoms with Crippen LogP contribution < -0.4 is 10.2 Å². The van der Waals surface area contributed by atoms with Crippen molar-refractivity contribution in [2.24, 2.45) is 0 Å². The molecule has 2 aliphatic rings. The predicted octanol–water partition coefficient (Wildman–Crippen LogP) is 2.76. The summed E-state index contributed by atoms with van der Waals surface area (Å²) in [4.78, 5) is 20.1. The van der Waals surface area contributed by atoms with Gasteiger partial charge in [-0.05, 0) is 49.6 Å². The fourth-order valence-corrected chi connectivity index (χ4v) is 4.91. The molecule has 2 N–H and O–H groups in total. The van der Waals surface area contributed by atoms with Gasteiger partial charge in [0.1, 0.15) is 0 Å². The van der Waals surface area contributed by atoms with E-state index < -0.39 is 0 Å². The van der Waals surface area contributed by atoms with E-state index >= 15 is 0 Å². The van der Waals surface area contributed by atoms with Crippen molar-refractivity contribution in [3.63, 3.8) is 0 Å². The van der Waals surface area contributed by atoms with E-state index in [4.69, 9.17) is 5.11 Å². The van der Waals surface area contributed by atoms with Crippen molar-refractivity contribution in [1.29, 1.82) is 0 Å². The number of hydrogen-bond acceptors (Lipinski definition) is 5. The molecule has 6 nitrogen and oxygen atoms in total. The Kier molecular flexibility index (Phi) is 7.79. The molecule has 0 aromatic heterocycles. The molecule has 2 aliphatic heterocycles. The zero-order chi connectivity index (χ0) is 22.3. The van der Waals surface area contributed by atoms with Gasteiger partial charge in [-0.2, -0.15) is 0 Å². The molecular weight excluding hydrogens is 400 g/mol. The van der Waals surface area contributed by atoms with E-state index in [1.54, 1.807) is 0 Å². The van der Waals surface area contributed by atoms with Gasteiger partial charge in [-0.3, -0.25) is 14.6 Å². The monoisotopic (exact) mass is 436 g/mol. The maximum Gasteiger partial charge on any atom is 0.251 e. The molecule has 4 rings (SSSR count). The smallest absolute Gasteiger partial charge is 0.251 e. The first-order valence-electron chi connectivity index (χ1n) is 11.9. The number of nitrogens with one attached hydrogen (secondary N) is 1. The minimum atomic E-state index is -0.0352. The van der Waals surface area contributed by atoms with Crippen LogP contribution in [0.5, 0.6) is 0 Å². The molecule has 172 valence electrons. The van der Waals surface area contributed by atoms with Crippen LogP contribution in [0.15, 0.2) is 54.6 Å². The molecule has 0 saturated carbocycles. The van der Waals surface area contributed by atoms with Gasteiger partial charge in [-0.15, -0.1) is 0 Å². The van der Waals surface area contributed by atoms with Crippen molar-refractivity contribution >= 4 is 11.6 Å². The lowest BCUT2D eigenvalue weighted by atomic mass is 10.0. The lowest BCUT2D eigenvalue weighted by Gasteiger charge is -2.43. The van der Waals surface area contributed by atoms with Gasteiger partial charge in [0.15, 0.2) is 0 Å². The molecule has 2 aromatic rings. The zero-order valence-corrected chi connectivity index (χ0v) is 19.1. The quantitative estimate of drug-likeness (QED) is 0.699. The molecule has 2 fully saturated rings. The van der Waals surface area contributed by atoms with Gasteiger partial charge in [-0.25, -0.2) is 0 Å². The zero-order valence-electron chi connectivity index (χ0n) is 19.1. The first-order valence-corrected chi connectivity index (χ1v) is 11.9. The minimum absolute atomic E-state index is 0.0205. The molecule has 32 heavy (non-hydrogen) atoms. The van der Waals surface area contributed by atoms with Gasteiger partial charge in [0, 0.05) is 63.1 Å². The van der Waals surface area contributed by atoms with Crippen LogP contribution >= 0.6 is 0 Å². The second-order valence-electron chi connectivity index (χ2n) is 8.97. The van der Waals surface area contributed by atoms with Crippen LogP contribution in [-0.2, 0) is 0 Å². The highest BCUT2D eigenvalue weighted by Gasteiger charge is 2.27. The Morgan fingerprint density at radius 2 is 1.62 bits per heavy atom. The number of aliphatic hydroxyl groups is 1. The molecule has 0 unspecified atom stereocenters. The SMILES string of the molecule is C[C@H](NC(=O)c1ccc(N2CCC(N3CCN(CCO)CC3)CC2)cc1)c1ccccc1. The summed E-state index contributed by atoms with van der Waals surface area (Å²) in [6, 6.07) is 18.7. The van der Waals surface area contributed by atoms with Gasteiger partial charge in [0.05, 0.1) is 12.6 Å². The van der Waals surface area contributed by atoms with Gasteiger partial charge < -0.3 is 15.3 Å². The number of piperazine rings is 1. The maximum atomic E-state index is 12.7. The largest absolute Gasteiger partial charge is 0.395 e. The Morgan fingerprint density at radius 1 is 0.969 bits per heavy atom. The van der Waals surface area contributed by atoms with Crippen molar-refractivity contribution in [3.8, 4) is 0 Å². The highest BCUT2D eigenvalue weighted by Crippen LogP contribution is 2.24. The van der Waals surface area contributed by atoms with E-state index in [-0.39, 0.29) is 18.6 Å². The lowest BCUT2D eigenvalue weighted by molar-refractivity contribution is 0.0747. The number of anilines is 1. The third kappa shape index (κ3) is 5.68. The Hall–Kier alpha value is -2.41. The average Bonchev–Trinajstić information content (AvgIpc) is 2.85. The number of carbonyl (C=O) groups is 1. The highest BCUT2D eigenvalue weighted by atomic mass is 16.3. The van der Waals surface area contributed by atoms with Crippen LogP contribution in [0, 0.1) is 0 Å². The Balaban J connectivity index is 1.25. The summed E-state index contributed by atoms with van der Waals surface area (Å²) in [6.07, 6.45) is 2.35. The fraction of sp³-hybridized carbons (Fsp3) is 0.500. The summed E-state index contributed by atoms with van der Waals surface area (Å²) in [5, 5.41) is 12.2. The predicted molar refractivity (Wildman–Crippen MR) is 129 cm³/mol. The van der Waals surface area contributed by atoms with Gasteiger partial charge in [0.2, 0.25) is 0 Å². The van der Waals surface area contributed by atoms with Crippen LogP contribution in [0.1, 0.15) is 41.7 Å². The molecule has 6 heteroatoms. The number of carbonyl (C=O) groups excluding carboxylic acids is 1. The molecule has 0 spiro atoms. The van der Waals surface area contributed by atoms with Crippen molar-refractivity contribution in [3.05, 3.63) is 65.7 Å². The summed E-state index contributed by atoms with van der Waals surface area (Å²) in [5.41, 5.74) is 3.01. The van der Waals surface area contributed by atoms with Gasteiger partial charge >= 0.3 is 0 Å². The average molecular weight is 437 g/mol. The Morgan fingerprint density at radius 3 is 2.25 bits per heavy atom. The molecule has 0 radical (unpaired) electrons. The number of aliphatic hydroxyl groups excluding tert-OH is 1. The van der Waals surface area contributed by atoms with E-state index in [2.05, 4.69) is 32.1 Å². The highest BCUT2D eigenvalue weighted by molar-refractivity contribution is 5.94. The first-order chi connectivity index (χ1) is 15.6. The summed E-state index contributed by atoms with van der Waals surface area (Å²) in [7, 11) is 0. The van der Waals surface area contributed by atoms with Crippen LogP contribution in [0.3, 0.4) is 0 Å². The van der Waals surface area contributed by atoms with E-state index in [1.165, 1.54) is 18.5 Å². The van der Waals surface area contributed by atoms with Crippen molar-refractivity contribution < 1.29 is 9.90 Å². The van der Waals surface area contributed by atoms with E-state index in [0.29, 0.717) is 11.6 Å². The van der Waals surface area contributed by atoms with Gasteiger partial charge in [-0.1, -0.05) is 30.3 Å². The molecule has 2 heterocycles. The molecule has 1 atom stereocenters. The lowest BCUT2D eigenvalue weighted by Crippen LogP contribution is -2.53. The molecular formula is C26H36N4O2. The maximum absolute atomic E-state index is 12.7. The van der Waals surface area contributed by atoms with Crippen molar-refractivity contribution in [2.45, 2.75) is 31.8 Å².